The molecule has 0 saturated carbocycles. The molecule has 26 heavy (non-hydrogen) atoms. The molecule has 146 valence electrons. The van der Waals surface area contributed by atoms with Crippen molar-refractivity contribution in [1.29, 1.82) is 0 Å². The number of hydrogen-bond donors (Lipinski definition) is 1. The van der Waals surface area contributed by atoms with Gasteiger partial charge in [0.25, 0.3) is 5.91 Å². The summed E-state index contributed by atoms with van der Waals surface area (Å²) in [5.41, 5.74) is -0.0106. The van der Waals surface area contributed by atoms with Gasteiger partial charge in [-0.3, -0.25) is 4.79 Å². The summed E-state index contributed by atoms with van der Waals surface area (Å²) in [6.45, 7) is 8.99. The fourth-order valence-corrected chi connectivity index (χ4v) is 3.79. The normalized spacial score (nSPS) is 13.0. The van der Waals surface area contributed by atoms with E-state index in [4.69, 9.17) is 16.3 Å². The lowest BCUT2D eigenvalue weighted by Crippen LogP contribution is -2.47. The summed E-state index contributed by atoms with van der Waals surface area (Å²) in [6, 6.07) is 3.66. The molecular formula is C17H25ClN2O5S. The van der Waals surface area contributed by atoms with Gasteiger partial charge in [-0.25, -0.2) is 17.9 Å². The van der Waals surface area contributed by atoms with Gasteiger partial charge < -0.3 is 9.64 Å². The molecule has 0 aliphatic heterocycles. The molecule has 1 amide bonds. The maximum Gasteiger partial charge on any atom is 0.338 e. The van der Waals surface area contributed by atoms with Crippen molar-refractivity contribution < 1.29 is 22.7 Å². The number of nitrogens with zero attached hydrogens (tertiary/aromatic N) is 1. The fraction of sp³-hybridized carbons (Fsp3) is 0.529. The summed E-state index contributed by atoms with van der Waals surface area (Å²) in [4.78, 5) is 26.3. The van der Waals surface area contributed by atoms with E-state index in [9.17, 15) is 18.0 Å². The molecule has 1 aromatic rings. The van der Waals surface area contributed by atoms with Gasteiger partial charge in [-0.15, -0.1) is 0 Å². The number of rotatable bonds is 7. The van der Waals surface area contributed by atoms with Crippen LogP contribution < -0.4 is 4.72 Å². The average molecular weight is 405 g/mol. The molecule has 1 rings (SSSR count). The number of halogens is 1. The number of hydrogen-bond acceptors (Lipinski definition) is 5. The molecule has 9 heteroatoms. The highest BCUT2D eigenvalue weighted by Crippen LogP contribution is 2.23. The van der Waals surface area contributed by atoms with Crippen molar-refractivity contribution in [1.82, 2.24) is 9.62 Å². The fourth-order valence-electron chi connectivity index (χ4n) is 2.54. The van der Waals surface area contributed by atoms with Gasteiger partial charge in [-0.2, -0.15) is 0 Å². The van der Waals surface area contributed by atoms with Gasteiger partial charge in [-0.05, 0) is 59.9 Å². The smallest absolute Gasteiger partial charge is 0.338 e. The third-order valence-corrected chi connectivity index (χ3v) is 5.62. The van der Waals surface area contributed by atoms with E-state index in [-0.39, 0.29) is 33.5 Å². The van der Waals surface area contributed by atoms with Crippen LogP contribution in [0.2, 0.25) is 5.02 Å². The highest BCUT2D eigenvalue weighted by atomic mass is 35.5. The van der Waals surface area contributed by atoms with Crippen LogP contribution in [-0.2, 0) is 19.6 Å². The monoisotopic (exact) mass is 404 g/mol. The zero-order valence-electron chi connectivity index (χ0n) is 15.7. The third kappa shape index (κ3) is 5.18. The minimum atomic E-state index is -3.83. The van der Waals surface area contributed by atoms with E-state index in [1.165, 1.54) is 26.1 Å². The van der Waals surface area contributed by atoms with Crippen molar-refractivity contribution in [3.8, 4) is 0 Å². The molecule has 0 aliphatic rings. The van der Waals surface area contributed by atoms with Crippen LogP contribution in [0.25, 0.3) is 0 Å². The Morgan fingerprint density at radius 1 is 1.12 bits per heavy atom. The molecule has 0 radical (unpaired) electrons. The lowest BCUT2D eigenvalue weighted by Gasteiger charge is -2.32. The highest BCUT2D eigenvalue weighted by Gasteiger charge is 2.28. The Hall–Kier alpha value is -1.64. The predicted molar refractivity (Wildman–Crippen MR) is 99.7 cm³/mol. The van der Waals surface area contributed by atoms with Crippen LogP contribution in [0.5, 0.6) is 0 Å². The maximum absolute atomic E-state index is 12.5. The van der Waals surface area contributed by atoms with E-state index in [1.807, 2.05) is 27.7 Å². The first-order valence-electron chi connectivity index (χ1n) is 8.18. The second-order valence-corrected chi connectivity index (χ2v) is 8.60. The molecule has 0 saturated heterocycles. The number of ether oxygens (including phenoxy) is 1. The molecule has 0 spiro atoms. The number of nitrogens with one attached hydrogen (secondary N) is 1. The topological polar surface area (TPSA) is 92.8 Å². The van der Waals surface area contributed by atoms with Gasteiger partial charge in [0.2, 0.25) is 10.0 Å². The van der Waals surface area contributed by atoms with Gasteiger partial charge in [0.15, 0.2) is 6.10 Å². The van der Waals surface area contributed by atoms with Crippen LogP contribution >= 0.6 is 11.6 Å². The quantitative estimate of drug-likeness (QED) is 0.704. The number of sulfonamides is 1. The number of carbonyl (C=O) groups is 2. The minimum absolute atomic E-state index is 0.0106. The second-order valence-electron chi connectivity index (χ2n) is 6.33. The van der Waals surface area contributed by atoms with Crippen molar-refractivity contribution in [2.45, 2.75) is 57.7 Å². The molecule has 0 aliphatic carbocycles. The zero-order chi connectivity index (χ0) is 20.2. The van der Waals surface area contributed by atoms with E-state index < -0.39 is 22.1 Å². The number of carbonyl (C=O) groups excluding carboxylic acids is 2. The van der Waals surface area contributed by atoms with Gasteiger partial charge in [0, 0.05) is 12.1 Å². The van der Waals surface area contributed by atoms with Crippen LogP contribution in [0.1, 0.15) is 45.0 Å². The largest absolute Gasteiger partial charge is 0.449 e. The van der Waals surface area contributed by atoms with Crippen molar-refractivity contribution in [2.24, 2.45) is 0 Å². The highest BCUT2D eigenvalue weighted by molar-refractivity contribution is 7.89. The number of benzene rings is 1. The standard InChI is InChI=1S/C17H25ClN2O5S/c1-10(2)20(11(3)4)16(21)12(5)25-17(22)13-7-8-14(18)15(9-13)26(23,24)19-6/h7-12,19H,1-6H3/t12-/m1/s1. The van der Waals surface area contributed by atoms with Crippen molar-refractivity contribution >= 4 is 33.5 Å². The summed E-state index contributed by atoms with van der Waals surface area (Å²) < 4.78 is 31.3. The predicted octanol–water partition coefficient (Wildman–Crippen LogP) is 2.44. The number of amides is 1. The van der Waals surface area contributed by atoms with E-state index in [2.05, 4.69) is 4.72 Å². The van der Waals surface area contributed by atoms with Crippen molar-refractivity contribution in [3.63, 3.8) is 0 Å². The Morgan fingerprint density at radius 2 is 1.65 bits per heavy atom. The van der Waals surface area contributed by atoms with E-state index in [1.54, 1.807) is 4.90 Å². The van der Waals surface area contributed by atoms with Crippen LogP contribution in [0.15, 0.2) is 23.1 Å². The van der Waals surface area contributed by atoms with Crippen LogP contribution in [0.4, 0.5) is 0 Å². The number of esters is 1. The summed E-state index contributed by atoms with van der Waals surface area (Å²) in [6.07, 6.45) is -1.01. The Kier molecular flexibility index (Phi) is 7.61. The van der Waals surface area contributed by atoms with Gasteiger partial charge >= 0.3 is 5.97 Å². The first kappa shape index (κ1) is 22.4. The van der Waals surface area contributed by atoms with E-state index in [0.717, 1.165) is 6.07 Å². The summed E-state index contributed by atoms with van der Waals surface area (Å²) in [5, 5.41) is -0.0224. The van der Waals surface area contributed by atoms with Crippen molar-refractivity contribution in [2.75, 3.05) is 7.05 Å². The molecule has 0 heterocycles. The minimum Gasteiger partial charge on any atom is -0.449 e. The van der Waals surface area contributed by atoms with Gasteiger partial charge in [-0.1, -0.05) is 11.6 Å². The van der Waals surface area contributed by atoms with Crippen molar-refractivity contribution in [3.05, 3.63) is 28.8 Å². The van der Waals surface area contributed by atoms with Crippen LogP contribution in [-0.4, -0.2) is 50.4 Å². The first-order chi connectivity index (χ1) is 11.9. The van der Waals surface area contributed by atoms with Crippen LogP contribution in [0, 0.1) is 0 Å². The Bertz CT molecular complexity index is 769. The van der Waals surface area contributed by atoms with Crippen LogP contribution in [0.3, 0.4) is 0 Å². The first-order valence-corrected chi connectivity index (χ1v) is 10.0. The lowest BCUT2D eigenvalue weighted by atomic mass is 10.2. The van der Waals surface area contributed by atoms with E-state index >= 15 is 0 Å². The summed E-state index contributed by atoms with van der Waals surface area (Å²) in [5.74, 6) is -1.12. The SMILES string of the molecule is CNS(=O)(=O)c1cc(C(=O)O[C@H](C)C(=O)N(C(C)C)C(C)C)ccc1Cl. The summed E-state index contributed by atoms with van der Waals surface area (Å²) >= 11 is 5.90. The molecule has 0 aromatic heterocycles. The van der Waals surface area contributed by atoms with Gasteiger partial charge in [0.1, 0.15) is 4.90 Å². The Balaban J connectivity index is 3.05. The van der Waals surface area contributed by atoms with E-state index in [0.29, 0.717) is 0 Å². The molecular weight excluding hydrogens is 380 g/mol. The second kappa shape index (κ2) is 8.83. The lowest BCUT2D eigenvalue weighted by molar-refractivity contribution is -0.143. The van der Waals surface area contributed by atoms with Gasteiger partial charge in [0.05, 0.1) is 10.6 Å². The molecule has 1 atom stereocenters. The molecule has 1 N–H and O–H groups in total. The molecule has 7 nitrogen and oxygen atoms in total. The maximum atomic E-state index is 12.5. The summed E-state index contributed by atoms with van der Waals surface area (Å²) in [7, 11) is -2.59. The zero-order valence-corrected chi connectivity index (χ0v) is 17.3. The molecule has 0 bridgehead atoms. The third-order valence-electron chi connectivity index (χ3n) is 3.72. The molecule has 0 unspecified atom stereocenters. The molecule has 0 fully saturated rings. The Labute approximate surface area is 159 Å². The molecule has 1 aromatic carbocycles. The average Bonchev–Trinajstić information content (AvgIpc) is 2.54. The Morgan fingerprint density at radius 3 is 2.12 bits per heavy atom.